The third-order valence-corrected chi connectivity index (χ3v) is 2.78. The predicted octanol–water partition coefficient (Wildman–Crippen LogP) is 3.00. The summed E-state index contributed by atoms with van der Waals surface area (Å²) in [7, 11) is 0. The average Bonchev–Trinajstić information content (AvgIpc) is 2.07. The molecule has 0 atom stereocenters. The summed E-state index contributed by atoms with van der Waals surface area (Å²) in [5.74, 6) is 0.187. The lowest BCUT2D eigenvalue weighted by Gasteiger charge is -2.03. The highest BCUT2D eigenvalue weighted by Gasteiger charge is 2.01. The summed E-state index contributed by atoms with van der Waals surface area (Å²) in [4.78, 5) is 11.8. The Morgan fingerprint density at radius 1 is 1.54 bits per heavy atom. The molecule has 13 heavy (non-hydrogen) atoms. The Morgan fingerprint density at radius 2 is 2.23 bits per heavy atom. The fourth-order valence-corrected chi connectivity index (χ4v) is 2.04. The second-order valence-corrected chi connectivity index (χ2v) is 4.02. The van der Waals surface area contributed by atoms with Gasteiger partial charge < -0.3 is 0 Å². The fraction of sp³-hybridized carbons (Fsp3) is 0.300. The van der Waals surface area contributed by atoms with Crippen LogP contribution in [-0.2, 0) is 16.5 Å². The third-order valence-electron chi connectivity index (χ3n) is 1.74. The Balaban J connectivity index is 2.92. The number of Topliss-reactive ketones (excluding diaryl/α,β-unsaturated/α-hetero) is 1. The molecule has 0 saturated heterocycles. The maximum atomic E-state index is 10.9. The van der Waals surface area contributed by atoms with E-state index < -0.39 is 0 Å². The summed E-state index contributed by atoms with van der Waals surface area (Å²) in [6, 6.07) is 5.88. The smallest absolute Gasteiger partial charge is 0.134 e. The molecule has 0 spiro atoms. The van der Waals surface area contributed by atoms with Crippen molar-refractivity contribution in [1.82, 2.24) is 0 Å². The summed E-state index contributed by atoms with van der Waals surface area (Å²) >= 11 is 7.68. The molecule has 1 aromatic carbocycles. The van der Waals surface area contributed by atoms with E-state index in [0.717, 1.165) is 21.4 Å². The van der Waals surface area contributed by atoms with E-state index in [1.807, 2.05) is 18.2 Å². The highest BCUT2D eigenvalue weighted by molar-refractivity contribution is 9.08. The van der Waals surface area contributed by atoms with Crippen LogP contribution < -0.4 is 0 Å². The summed E-state index contributed by atoms with van der Waals surface area (Å²) in [5.41, 5.74) is 2.18. The van der Waals surface area contributed by atoms with Crippen molar-refractivity contribution < 1.29 is 4.79 Å². The Bertz CT molecular complexity index is 323. The maximum absolute atomic E-state index is 10.9. The Hall–Kier alpha value is -0.280. The van der Waals surface area contributed by atoms with Crippen molar-refractivity contribution in [3.8, 4) is 0 Å². The Morgan fingerprint density at radius 3 is 2.77 bits per heavy atom. The van der Waals surface area contributed by atoms with Crippen LogP contribution in [0.2, 0.25) is 0 Å². The molecule has 0 aliphatic heterocycles. The molecule has 0 bridgehead atoms. The normalized spacial score (nSPS) is 10.1. The van der Waals surface area contributed by atoms with Crippen LogP contribution in [0, 0.1) is 0 Å². The molecular formula is C10H11BrOS. The lowest BCUT2D eigenvalue weighted by molar-refractivity contribution is -0.116. The molecule has 1 rings (SSSR count). The highest BCUT2D eigenvalue weighted by atomic mass is 79.9. The topological polar surface area (TPSA) is 17.1 Å². The largest absolute Gasteiger partial charge is 0.300 e. The zero-order chi connectivity index (χ0) is 9.84. The molecule has 1 aromatic rings. The molecule has 0 aromatic heterocycles. The molecule has 0 amide bonds. The minimum absolute atomic E-state index is 0.187. The van der Waals surface area contributed by atoms with Crippen LogP contribution in [0.5, 0.6) is 0 Å². The number of hydrogen-bond acceptors (Lipinski definition) is 2. The van der Waals surface area contributed by atoms with E-state index in [1.54, 1.807) is 6.92 Å². The second kappa shape index (κ2) is 4.82. The van der Waals surface area contributed by atoms with Gasteiger partial charge in [-0.3, -0.25) is 4.79 Å². The van der Waals surface area contributed by atoms with Crippen molar-refractivity contribution in [2.24, 2.45) is 0 Å². The van der Waals surface area contributed by atoms with Gasteiger partial charge in [0.25, 0.3) is 0 Å². The van der Waals surface area contributed by atoms with Crippen LogP contribution >= 0.6 is 28.6 Å². The number of carbonyl (C=O) groups excluding carboxylic acids is 1. The van der Waals surface area contributed by atoms with Gasteiger partial charge in [0.1, 0.15) is 5.78 Å². The van der Waals surface area contributed by atoms with Crippen molar-refractivity contribution in [3.05, 3.63) is 29.3 Å². The third kappa shape index (κ3) is 3.16. The number of ketones is 1. The summed E-state index contributed by atoms with van der Waals surface area (Å²) in [6.45, 7) is 1.60. The van der Waals surface area contributed by atoms with Crippen LogP contribution in [-0.4, -0.2) is 5.78 Å². The Labute approximate surface area is 92.1 Å². The number of rotatable bonds is 3. The Kier molecular flexibility index (Phi) is 4.00. The number of hydrogen-bond donors (Lipinski definition) is 1. The van der Waals surface area contributed by atoms with Gasteiger partial charge in [-0.1, -0.05) is 28.1 Å². The molecule has 0 unspecified atom stereocenters. The van der Waals surface area contributed by atoms with Gasteiger partial charge in [0.15, 0.2) is 0 Å². The number of halogens is 1. The first-order valence-electron chi connectivity index (χ1n) is 3.99. The molecule has 0 radical (unpaired) electrons. The van der Waals surface area contributed by atoms with E-state index in [2.05, 4.69) is 28.6 Å². The second-order valence-electron chi connectivity index (χ2n) is 2.98. The summed E-state index contributed by atoms with van der Waals surface area (Å²) in [5, 5.41) is 0.775. The van der Waals surface area contributed by atoms with Gasteiger partial charge in [-0.25, -0.2) is 0 Å². The van der Waals surface area contributed by atoms with Crippen LogP contribution in [0.25, 0.3) is 0 Å². The minimum atomic E-state index is 0.187. The molecule has 0 saturated carbocycles. The van der Waals surface area contributed by atoms with Crippen LogP contribution in [0.3, 0.4) is 0 Å². The average molecular weight is 259 g/mol. The number of thiol groups is 1. The van der Waals surface area contributed by atoms with E-state index >= 15 is 0 Å². The standard InChI is InChI=1S/C10H11BrOS/c1-7(12)4-8-2-3-10(13)9(5-8)6-11/h2-3,5,13H,4,6H2,1H3. The molecule has 0 aliphatic rings. The van der Waals surface area contributed by atoms with Crippen LogP contribution in [0.1, 0.15) is 18.1 Å². The molecule has 0 heterocycles. The van der Waals surface area contributed by atoms with Crippen molar-refractivity contribution in [1.29, 1.82) is 0 Å². The van der Waals surface area contributed by atoms with Crippen molar-refractivity contribution in [2.75, 3.05) is 0 Å². The lowest BCUT2D eigenvalue weighted by Crippen LogP contribution is -1.97. The van der Waals surface area contributed by atoms with Gasteiger partial charge in [-0.05, 0) is 24.1 Å². The molecule has 1 nitrogen and oxygen atoms in total. The molecule has 0 aliphatic carbocycles. The zero-order valence-electron chi connectivity index (χ0n) is 7.38. The zero-order valence-corrected chi connectivity index (χ0v) is 9.86. The SMILES string of the molecule is CC(=O)Cc1ccc(S)c(CBr)c1. The number of benzene rings is 1. The quantitative estimate of drug-likeness (QED) is 0.652. The van der Waals surface area contributed by atoms with Crippen molar-refractivity contribution in [2.45, 2.75) is 23.6 Å². The first-order chi connectivity index (χ1) is 6.13. The van der Waals surface area contributed by atoms with Gasteiger partial charge >= 0.3 is 0 Å². The van der Waals surface area contributed by atoms with E-state index in [0.29, 0.717) is 6.42 Å². The molecular weight excluding hydrogens is 248 g/mol. The molecule has 0 N–H and O–H groups in total. The van der Waals surface area contributed by atoms with E-state index in [4.69, 9.17) is 0 Å². The monoisotopic (exact) mass is 258 g/mol. The minimum Gasteiger partial charge on any atom is -0.300 e. The fourth-order valence-electron chi connectivity index (χ4n) is 1.14. The van der Waals surface area contributed by atoms with Gasteiger partial charge in [0, 0.05) is 16.6 Å². The first kappa shape index (κ1) is 10.8. The van der Waals surface area contributed by atoms with Gasteiger partial charge in [-0.15, -0.1) is 12.6 Å². The summed E-state index contributed by atoms with van der Waals surface area (Å²) in [6.07, 6.45) is 0.508. The van der Waals surface area contributed by atoms with E-state index in [-0.39, 0.29) is 5.78 Å². The van der Waals surface area contributed by atoms with Gasteiger partial charge in [0.2, 0.25) is 0 Å². The lowest BCUT2D eigenvalue weighted by atomic mass is 10.1. The van der Waals surface area contributed by atoms with Crippen LogP contribution in [0.15, 0.2) is 23.1 Å². The van der Waals surface area contributed by atoms with Crippen molar-refractivity contribution >= 4 is 34.3 Å². The molecule has 0 fully saturated rings. The predicted molar refractivity (Wildman–Crippen MR) is 60.7 cm³/mol. The molecule has 3 heteroatoms. The van der Waals surface area contributed by atoms with Gasteiger partial charge in [-0.2, -0.15) is 0 Å². The number of carbonyl (C=O) groups is 1. The highest BCUT2D eigenvalue weighted by Crippen LogP contribution is 2.18. The van der Waals surface area contributed by atoms with Crippen molar-refractivity contribution in [3.63, 3.8) is 0 Å². The van der Waals surface area contributed by atoms with Gasteiger partial charge in [0.05, 0.1) is 0 Å². The first-order valence-corrected chi connectivity index (χ1v) is 5.56. The summed E-state index contributed by atoms with van der Waals surface area (Å²) < 4.78 is 0. The van der Waals surface area contributed by atoms with E-state index in [1.165, 1.54) is 0 Å². The number of alkyl halides is 1. The van der Waals surface area contributed by atoms with Crippen LogP contribution in [0.4, 0.5) is 0 Å². The van der Waals surface area contributed by atoms with E-state index in [9.17, 15) is 4.79 Å². The maximum Gasteiger partial charge on any atom is 0.134 e. The molecule has 70 valence electrons.